The Morgan fingerprint density at radius 3 is 2.83 bits per heavy atom. The van der Waals surface area contributed by atoms with Crippen molar-refractivity contribution in [3.8, 4) is 6.07 Å². The van der Waals surface area contributed by atoms with Crippen molar-refractivity contribution < 1.29 is 0 Å². The normalized spacial score (nSPS) is 23.2. The van der Waals surface area contributed by atoms with Crippen molar-refractivity contribution in [2.75, 3.05) is 18.0 Å². The molecule has 6 heteroatoms. The first kappa shape index (κ1) is 14.4. The molecule has 0 saturated carbocycles. The third kappa shape index (κ3) is 2.65. The summed E-state index contributed by atoms with van der Waals surface area (Å²) >= 11 is 6.31. The number of halogens is 1. The van der Waals surface area contributed by atoms with Crippen LogP contribution < -0.4 is 4.90 Å². The van der Waals surface area contributed by atoms with Gasteiger partial charge in [0.15, 0.2) is 0 Å². The smallest absolute Gasteiger partial charge is 0.147 e. The number of hydrogen-bond acceptors (Lipinski definition) is 5. The molecular weight excluding hydrogens is 310 g/mol. The van der Waals surface area contributed by atoms with Crippen molar-refractivity contribution in [1.29, 1.82) is 5.26 Å². The number of likely N-dealkylation sites (tertiary alicyclic amines) is 1. The molecule has 5 nitrogen and oxygen atoms in total. The Hall–Kier alpha value is -2.16. The summed E-state index contributed by atoms with van der Waals surface area (Å²) in [4.78, 5) is 13.6. The summed E-state index contributed by atoms with van der Waals surface area (Å²) in [7, 11) is 0. The molecule has 2 aliphatic rings. The maximum atomic E-state index is 8.92. The van der Waals surface area contributed by atoms with Crippen LogP contribution in [0.15, 0.2) is 36.7 Å². The fourth-order valence-corrected chi connectivity index (χ4v) is 3.88. The van der Waals surface area contributed by atoms with Gasteiger partial charge in [0, 0.05) is 44.1 Å². The van der Waals surface area contributed by atoms with E-state index in [9.17, 15) is 0 Å². The number of anilines is 1. The second-order valence-electron chi connectivity index (χ2n) is 6.09. The SMILES string of the molecule is N#Cc1cnc(N2CC3CC2CN3Cc2ccccn2)c(Cl)c1. The van der Waals surface area contributed by atoms with Crippen LogP contribution in [0.4, 0.5) is 5.82 Å². The lowest BCUT2D eigenvalue weighted by atomic mass is 10.2. The first-order valence-corrected chi connectivity index (χ1v) is 8.08. The Morgan fingerprint density at radius 1 is 1.26 bits per heavy atom. The van der Waals surface area contributed by atoms with Crippen LogP contribution in [0.1, 0.15) is 17.7 Å². The molecule has 23 heavy (non-hydrogen) atoms. The lowest BCUT2D eigenvalue weighted by molar-refractivity contribution is 0.227. The standard InChI is InChI=1S/C17H16ClN5/c18-16-5-12(7-19)8-21-17(16)23-11-14-6-15(23)10-22(14)9-13-3-1-2-4-20-13/h1-5,8,14-15H,6,9-11H2. The fourth-order valence-electron chi connectivity index (χ4n) is 3.61. The predicted octanol–water partition coefficient (Wildman–Crippen LogP) is 2.46. The summed E-state index contributed by atoms with van der Waals surface area (Å²) in [5.74, 6) is 0.802. The van der Waals surface area contributed by atoms with Gasteiger partial charge in [-0.25, -0.2) is 4.98 Å². The molecule has 2 bridgehead atoms. The molecule has 4 rings (SSSR count). The summed E-state index contributed by atoms with van der Waals surface area (Å²) in [5.41, 5.74) is 1.61. The van der Waals surface area contributed by atoms with Gasteiger partial charge in [-0.15, -0.1) is 0 Å². The number of nitriles is 1. The Morgan fingerprint density at radius 2 is 2.17 bits per heavy atom. The zero-order chi connectivity index (χ0) is 15.8. The number of fused-ring (bicyclic) bond motifs is 2. The van der Waals surface area contributed by atoms with Crippen LogP contribution in [-0.4, -0.2) is 40.0 Å². The second kappa shape index (κ2) is 5.80. The molecule has 2 atom stereocenters. The van der Waals surface area contributed by atoms with E-state index in [-0.39, 0.29) is 0 Å². The van der Waals surface area contributed by atoms with E-state index in [1.165, 1.54) is 0 Å². The first-order chi connectivity index (χ1) is 11.2. The molecule has 2 aromatic rings. The molecule has 0 radical (unpaired) electrons. The summed E-state index contributed by atoms with van der Waals surface area (Å²) in [6, 6.07) is 10.8. The molecule has 2 saturated heterocycles. The Balaban J connectivity index is 1.48. The fraction of sp³-hybridized carbons (Fsp3) is 0.353. The van der Waals surface area contributed by atoms with Crippen LogP contribution in [0, 0.1) is 11.3 Å². The maximum absolute atomic E-state index is 8.92. The predicted molar refractivity (Wildman–Crippen MR) is 88.1 cm³/mol. The van der Waals surface area contributed by atoms with Crippen LogP contribution in [0.25, 0.3) is 0 Å². The van der Waals surface area contributed by atoms with Crippen LogP contribution in [-0.2, 0) is 6.54 Å². The van der Waals surface area contributed by atoms with Crippen molar-refractivity contribution in [3.63, 3.8) is 0 Å². The average Bonchev–Trinajstić information content (AvgIpc) is 3.15. The first-order valence-electron chi connectivity index (χ1n) is 7.71. The third-order valence-electron chi connectivity index (χ3n) is 4.67. The van der Waals surface area contributed by atoms with Crippen LogP contribution >= 0.6 is 11.6 Å². The molecule has 0 amide bonds. The van der Waals surface area contributed by atoms with E-state index in [4.69, 9.17) is 16.9 Å². The van der Waals surface area contributed by atoms with Crippen molar-refractivity contribution in [1.82, 2.24) is 14.9 Å². The van der Waals surface area contributed by atoms with E-state index in [1.807, 2.05) is 18.3 Å². The maximum Gasteiger partial charge on any atom is 0.147 e. The van der Waals surface area contributed by atoms with Gasteiger partial charge in [0.1, 0.15) is 11.9 Å². The average molecular weight is 326 g/mol. The molecule has 2 fully saturated rings. The third-order valence-corrected chi connectivity index (χ3v) is 4.95. The molecule has 0 aliphatic carbocycles. The van der Waals surface area contributed by atoms with Gasteiger partial charge in [0.25, 0.3) is 0 Å². The summed E-state index contributed by atoms with van der Waals surface area (Å²) in [6.45, 7) is 2.82. The van der Waals surface area contributed by atoms with Crippen molar-refractivity contribution in [3.05, 3.63) is 52.9 Å². The second-order valence-corrected chi connectivity index (χ2v) is 6.49. The highest BCUT2D eigenvalue weighted by Crippen LogP contribution is 2.37. The van der Waals surface area contributed by atoms with Gasteiger partial charge in [-0.1, -0.05) is 17.7 Å². The molecule has 2 aliphatic heterocycles. The minimum Gasteiger partial charge on any atom is -0.349 e. The van der Waals surface area contributed by atoms with Gasteiger partial charge in [0.2, 0.25) is 0 Å². The molecule has 2 aromatic heterocycles. The lowest BCUT2D eigenvalue weighted by Crippen LogP contribution is -2.46. The van der Waals surface area contributed by atoms with Crippen molar-refractivity contribution >= 4 is 17.4 Å². The van der Waals surface area contributed by atoms with E-state index in [0.717, 1.165) is 37.6 Å². The van der Waals surface area contributed by atoms with Gasteiger partial charge in [-0.3, -0.25) is 9.88 Å². The minimum absolute atomic E-state index is 0.432. The van der Waals surface area contributed by atoms with E-state index in [0.29, 0.717) is 22.7 Å². The number of piperazine rings is 1. The minimum atomic E-state index is 0.432. The Bertz CT molecular complexity index is 757. The van der Waals surface area contributed by atoms with E-state index < -0.39 is 0 Å². The molecule has 4 heterocycles. The highest BCUT2D eigenvalue weighted by Gasteiger charge is 2.44. The van der Waals surface area contributed by atoms with Gasteiger partial charge >= 0.3 is 0 Å². The molecule has 0 N–H and O–H groups in total. The van der Waals surface area contributed by atoms with E-state index in [2.05, 4.69) is 31.9 Å². The summed E-state index contributed by atoms with van der Waals surface area (Å²) in [5, 5.41) is 9.49. The van der Waals surface area contributed by atoms with Crippen LogP contribution in [0.5, 0.6) is 0 Å². The largest absolute Gasteiger partial charge is 0.349 e. The van der Waals surface area contributed by atoms with Gasteiger partial charge in [0.05, 0.1) is 16.3 Å². The number of pyridine rings is 2. The van der Waals surface area contributed by atoms with Crippen LogP contribution in [0.3, 0.4) is 0 Å². The van der Waals surface area contributed by atoms with Gasteiger partial charge < -0.3 is 4.90 Å². The topological polar surface area (TPSA) is 56.1 Å². The Kier molecular flexibility index (Phi) is 3.64. The summed E-state index contributed by atoms with van der Waals surface area (Å²) in [6.07, 6.45) is 4.57. The lowest BCUT2D eigenvalue weighted by Gasteiger charge is -2.35. The van der Waals surface area contributed by atoms with E-state index in [1.54, 1.807) is 12.3 Å². The molecule has 116 valence electrons. The van der Waals surface area contributed by atoms with Gasteiger partial charge in [-0.05, 0) is 24.6 Å². The number of hydrogen-bond donors (Lipinski definition) is 0. The monoisotopic (exact) mass is 325 g/mol. The number of nitrogens with zero attached hydrogens (tertiary/aromatic N) is 5. The number of rotatable bonds is 3. The van der Waals surface area contributed by atoms with E-state index >= 15 is 0 Å². The highest BCUT2D eigenvalue weighted by molar-refractivity contribution is 6.33. The zero-order valence-corrected chi connectivity index (χ0v) is 13.3. The zero-order valence-electron chi connectivity index (χ0n) is 12.6. The Labute approximate surface area is 140 Å². The highest BCUT2D eigenvalue weighted by atomic mass is 35.5. The number of aromatic nitrogens is 2. The molecule has 2 unspecified atom stereocenters. The van der Waals surface area contributed by atoms with Crippen molar-refractivity contribution in [2.45, 2.75) is 25.0 Å². The molecule has 0 aromatic carbocycles. The molecular formula is C17H16ClN5. The van der Waals surface area contributed by atoms with Crippen molar-refractivity contribution in [2.24, 2.45) is 0 Å². The molecule has 0 spiro atoms. The van der Waals surface area contributed by atoms with Crippen LogP contribution in [0.2, 0.25) is 5.02 Å². The quantitative estimate of drug-likeness (QED) is 0.867. The van der Waals surface area contributed by atoms with Gasteiger partial charge in [-0.2, -0.15) is 5.26 Å². The summed E-state index contributed by atoms with van der Waals surface area (Å²) < 4.78 is 0.